The average Bonchev–Trinajstić information content (AvgIpc) is 3.20. The number of Topliss-reactive ketones (excluding diaryl/α,β-unsaturated/α-hetero) is 1. The lowest BCUT2D eigenvalue weighted by atomic mass is 10.1. The summed E-state index contributed by atoms with van der Waals surface area (Å²) in [6.07, 6.45) is 0. The molecule has 2 aromatic carbocycles. The Bertz CT molecular complexity index is 1300. The number of fused-ring (bicyclic) bond motifs is 1. The van der Waals surface area contributed by atoms with E-state index in [4.69, 9.17) is 8.83 Å². The first-order valence-electron chi connectivity index (χ1n) is 8.29. The first-order valence-corrected chi connectivity index (χ1v) is 9.27. The minimum Gasteiger partial charge on any atom is -0.422 e. The summed E-state index contributed by atoms with van der Waals surface area (Å²) in [6, 6.07) is 14.3. The Morgan fingerprint density at radius 1 is 1.07 bits per heavy atom. The van der Waals surface area contributed by atoms with E-state index in [0.717, 1.165) is 11.8 Å². The summed E-state index contributed by atoms with van der Waals surface area (Å²) in [7, 11) is 0. The Morgan fingerprint density at radius 2 is 1.83 bits per heavy atom. The molecule has 4 rings (SSSR count). The van der Waals surface area contributed by atoms with E-state index in [9.17, 15) is 19.7 Å². The average molecular weight is 409 g/mol. The molecule has 0 aliphatic carbocycles. The fourth-order valence-corrected chi connectivity index (χ4v) is 3.30. The summed E-state index contributed by atoms with van der Waals surface area (Å²) in [5.41, 5.74) is -0.390. The smallest absolute Gasteiger partial charge is 0.347 e. The fraction of sp³-hybridized carbons (Fsp3) is 0.0526. The molecule has 9 nitrogen and oxygen atoms in total. The second-order valence-electron chi connectivity index (χ2n) is 5.84. The zero-order chi connectivity index (χ0) is 20.4. The van der Waals surface area contributed by atoms with Crippen LogP contribution in [0.5, 0.6) is 0 Å². The molecule has 0 bridgehead atoms. The second-order valence-corrected chi connectivity index (χ2v) is 6.77. The van der Waals surface area contributed by atoms with Gasteiger partial charge in [0.15, 0.2) is 5.78 Å². The minimum atomic E-state index is -0.722. The van der Waals surface area contributed by atoms with E-state index in [1.54, 1.807) is 30.3 Å². The lowest BCUT2D eigenvalue weighted by Crippen LogP contribution is -2.15. The number of hydrogen-bond donors (Lipinski definition) is 0. The molecule has 0 amide bonds. The number of rotatable bonds is 6. The van der Waals surface area contributed by atoms with Gasteiger partial charge in [-0.25, -0.2) is 4.79 Å². The molecule has 2 heterocycles. The molecule has 0 radical (unpaired) electrons. The topological polar surface area (TPSA) is 129 Å². The summed E-state index contributed by atoms with van der Waals surface area (Å²) in [6.45, 7) is 0. The zero-order valence-electron chi connectivity index (χ0n) is 14.6. The van der Waals surface area contributed by atoms with Gasteiger partial charge in [-0.1, -0.05) is 42.1 Å². The van der Waals surface area contributed by atoms with Crippen LogP contribution in [0.4, 0.5) is 5.69 Å². The monoisotopic (exact) mass is 409 g/mol. The maximum absolute atomic E-state index is 12.4. The van der Waals surface area contributed by atoms with Gasteiger partial charge >= 0.3 is 5.63 Å². The third kappa shape index (κ3) is 3.78. The van der Waals surface area contributed by atoms with Crippen LogP contribution in [0.15, 0.2) is 73.4 Å². The van der Waals surface area contributed by atoms with Crippen molar-refractivity contribution in [2.75, 3.05) is 5.75 Å². The van der Waals surface area contributed by atoms with Gasteiger partial charge < -0.3 is 8.83 Å². The van der Waals surface area contributed by atoms with Crippen LogP contribution in [-0.4, -0.2) is 26.7 Å². The number of ketones is 1. The summed E-state index contributed by atoms with van der Waals surface area (Å²) in [4.78, 5) is 35.1. The number of aromatic nitrogens is 2. The number of para-hydroxylation sites is 2. The van der Waals surface area contributed by atoms with Crippen LogP contribution in [0.1, 0.15) is 10.4 Å². The van der Waals surface area contributed by atoms with E-state index in [-0.39, 0.29) is 33.7 Å². The summed E-state index contributed by atoms with van der Waals surface area (Å²) >= 11 is 0.927. The highest BCUT2D eigenvalue weighted by molar-refractivity contribution is 7.99. The Morgan fingerprint density at radius 3 is 2.66 bits per heavy atom. The second kappa shape index (κ2) is 7.68. The van der Waals surface area contributed by atoms with Crippen LogP contribution in [0.25, 0.3) is 22.4 Å². The number of thioether (sulfide) groups is 1. The predicted octanol–water partition coefficient (Wildman–Crippen LogP) is 3.73. The molecule has 0 aliphatic heterocycles. The van der Waals surface area contributed by atoms with Gasteiger partial charge in [0.2, 0.25) is 0 Å². The van der Waals surface area contributed by atoms with Crippen molar-refractivity contribution in [1.29, 1.82) is 0 Å². The Labute approximate surface area is 166 Å². The highest BCUT2D eigenvalue weighted by Crippen LogP contribution is 2.30. The number of carbonyl (C=O) groups is 1. The normalized spacial score (nSPS) is 10.9. The molecule has 0 aliphatic rings. The quantitative estimate of drug-likeness (QED) is 0.154. The van der Waals surface area contributed by atoms with Gasteiger partial charge in [0.1, 0.15) is 16.7 Å². The van der Waals surface area contributed by atoms with Crippen LogP contribution >= 0.6 is 11.8 Å². The van der Waals surface area contributed by atoms with Crippen LogP contribution in [-0.2, 0) is 0 Å². The van der Waals surface area contributed by atoms with Crippen molar-refractivity contribution in [1.82, 2.24) is 10.2 Å². The number of carbonyl (C=O) groups excluding carboxylic acids is 1. The largest absolute Gasteiger partial charge is 0.422 e. The van der Waals surface area contributed by atoms with Gasteiger partial charge in [0, 0.05) is 11.5 Å². The van der Waals surface area contributed by atoms with E-state index in [2.05, 4.69) is 10.2 Å². The SMILES string of the molecule is O=C(CSc1nnc(-c2ccccc2[N+](=O)[O-])o1)c1cc2ccccc2oc1=O. The number of nitro benzene ring substituents is 1. The van der Waals surface area contributed by atoms with Crippen molar-refractivity contribution in [2.45, 2.75) is 5.22 Å². The molecular weight excluding hydrogens is 398 g/mol. The highest BCUT2D eigenvalue weighted by atomic mass is 32.2. The van der Waals surface area contributed by atoms with Gasteiger partial charge in [0.25, 0.3) is 16.8 Å². The molecule has 144 valence electrons. The van der Waals surface area contributed by atoms with Crippen molar-refractivity contribution in [2.24, 2.45) is 0 Å². The molecule has 10 heteroatoms. The summed E-state index contributed by atoms with van der Waals surface area (Å²) in [5, 5.41) is 19.4. The third-order valence-corrected chi connectivity index (χ3v) is 4.82. The first kappa shape index (κ1) is 18.6. The highest BCUT2D eigenvalue weighted by Gasteiger charge is 2.21. The van der Waals surface area contributed by atoms with E-state index in [1.165, 1.54) is 24.3 Å². The molecule has 0 saturated carbocycles. The molecular formula is C19H11N3O6S. The number of hydrogen-bond acceptors (Lipinski definition) is 9. The van der Waals surface area contributed by atoms with Crippen molar-refractivity contribution in [3.63, 3.8) is 0 Å². The maximum atomic E-state index is 12.4. The maximum Gasteiger partial charge on any atom is 0.347 e. The van der Waals surface area contributed by atoms with Gasteiger partial charge in [-0.3, -0.25) is 14.9 Å². The van der Waals surface area contributed by atoms with E-state index >= 15 is 0 Å². The lowest BCUT2D eigenvalue weighted by molar-refractivity contribution is -0.384. The molecule has 0 spiro atoms. The molecule has 0 N–H and O–H groups in total. The zero-order valence-corrected chi connectivity index (χ0v) is 15.4. The van der Waals surface area contributed by atoms with E-state index in [1.807, 2.05) is 0 Å². The lowest BCUT2D eigenvalue weighted by Gasteiger charge is -2.00. The predicted molar refractivity (Wildman–Crippen MR) is 104 cm³/mol. The Kier molecular flexibility index (Phi) is 4.92. The van der Waals surface area contributed by atoms with Crippen molar-refractivity contribution < 1.29 is 18.6 Å². The third-order valence-electron chi connectivity index (χ3n) is 4.01. The molecule has 0 saturated heterocycles. The van der Waals surface area contributed by atoms with Crippen LogP contribution < -0.4 is 5.63 Å². The van der Waals surface area contributed by atoms with Crippen LogP contribution in [0.3, 0.4) is 0 Å². The molecule has 4 aromatic rings. The molecule has 2 aromatic heterocycles. The standard InChI is InChI=1S/C19H11N3O6S/c23-15(13-9-11-5-1-4-8-16(11)27-18(13)24)10-29-19-21-20-17(28-19)12-6-2-3-7-14(12)22(25)26/h1-9H,10H2. The van der Waals surface area contributed by atoms with Gasteiger partial charge in [0.05, 0.1) is 10.7 Å². The minimum absolute atomic E-state index is 0.0301. The van der Waals surface area contributed by atoms with Gasteiger partial charge in [-0.05, 0) is 18.2 Å². The summed E-state index contributed by atoms with van der Waals surface area (Å²) < 4.78 is 10.6. The van der Waals surface area contributed by atoms with Crippen molar-refractivity contribution in [3.8, 4) is 11.5 Å². The van der Waals surface area contributed by atoms with Gasteiger partial charge in [-0.2, -0.15) is 0 Å². The Balaban J connectivity index is 1.52. The van der Waals surface area contributed by atoms with Crippen LogP contribution in [0, 0.1) is 10.1 Å². The van der Waals surface area contributed by atoms with E-state index < -0.39 is 16.3 Å². The fourth-order valence-electron chi connectivity index (χ4n) is 2.65. The van der Waals surface area contributed by atoms with Crippen LogP contribution in [0.2, 0.25) is 0 Å². The molecule has 0 atom stereocenters. The molecule has 0 fully saturated rings. The molecule has 0 unspecified atom stereocenters. The number of nitrogens with zero attached hydrogens (tertiary/aromatic N) is 3. The molecule has 29 heavy (non-hydrogen) atoms. The van der Waals surface area contributed by atoms with E-state index in [0.29, 0.717) is 11.0 Å². The van der Waals surface area contributed by atoms with Gasteiger partial charge in [-0.15, -0.1) is 10.2 Å². The van der Waals surface area contributed by atoms with Crippen molar-refractivity contribution in [3.05, 3.63) is 80.7 Å². The summed E-state index contributed by atoms with van der Waals surface area (Å²) in [5.74, 6) is -0.626. The Hall–Kier alpha value is -3.79. The number of nitro groups is 1. The number of benzene rings is 2. The van der Waals surface area contributed by atoms with Crippen molar-refractivity contribution >= 4 is 34.2 Å². The first-order chi connectivity index (χ1) is 14.0.